The fourth-order valence-corrected chi connectivity index (χ4v) is 3.05. The highest BCUT2D eigenvalue weighted by atomic mass is 16.5. The second kappa shape index (κ2) is 11.8. The minimum absolute atomic E-state index is 0.0424. The maximum atomic E-state index is 13.1. The first kappa shape index (κ1) is 24.8. The van der Waals surface area contributed by atoms with Crippen molar-refractivity contribution in [1.82, 2.24) is 10.2 Å². The van der Waals surface area contributed by atoms with Gasteiger partial charge in [-0.15, -0.1) is 0 Å². The normalized spacial score (nSPS) is 11.5. The van der Waals surface area contributed by atoms with Gasteiger partial charge in [-0.2, -0.15) is 0 Å². The second-order valence-electron chi connectivity index (χ2n) is 7.55. The van der Waals surface area contributed by atoms with Gasteiger partial charge >= 0.3 is 0 Å². The molecule has 0 saturated heterocycles. The van der Waals surface area contributed by atoms with Crippen molar-refractivity contribution in [2.45, 2.75) is 39.4 Å². The molecular weight excluding hydrogens is 412 g/mol. The van der Waals surface area contributed by atoms with Crippen molar-refractivity contribution in [2.24, 2.45) is 0 Å². The number of ether oxygens (including phenoxy) is 4. The van der Waals surface area contributed by atoms with Gasteiger partial charge in [0.15, 0.2) is 6.61 Å². The number of rotatable bonds is 11. The zero-order chi connectivity index (χ0) is 23.7. The summed E-state index contributed by atoms with van der Waals surface area (Å²) in [6.07, 6.45) is 0. The molecule has 1 N–H and O–H groups in total. The average Bonchev–Trinajstić information content (AvgIpc) is 2.79. The lowest BCUT2D eigenvalue weighted by Gasteiger charge is -2.29. The van der Waals surface area contributed by atoms with Crippen LogP contribution in [0.25, 0.3) is 0 Å². The fraction of sp³-hybridized carbons (Fsp3) is 0.417. The molecule has 0 aliphatic heterocycles. The predicted octanol–water partition coefficient (Wildman–Crippen LogP) is 3.03. The van der Waals surface area contributed by atoms with E-state index in [2.05, 4.69) is 5.32 Å². The Morgan fingerprint density at radius 2 is 1.47 bits per heavy atom. The largest absolute Gasteiger partial charge is 0.497 e. The maximum absolute atomic E-state index is 13.1. The topological polar surface area (TPSA) is 86.3 Å². The molecule has 0 spiro atoms. The van der Waals surface area contributed by atoms with Crippen LogP contribution in [0.5, 0.6) is 23.0 Å². The molecule has 0 radical (unpaired) electrons. The fourth-order valence-electron chi connectivity index (χ4n) is 3.05. The standard InChI is InChI=1S/C24H32N2O6/c1-16(2)25-24(28)17(3)26(14-18-8-7-9-19(10-18)29-4)23(27)15-32-22-12-20(30-5)11-21(13-22)31-6/h7-13,16-17H,14-15H2,1-6H3,(H,25,28). The van der Waals surface area contributed by atoms with Gasteiger partial charge in [0.2, 0.25) is 5.91 Å². The van der Waals surface area contributed by atoms with E-state index in [4.69, 9.17) is 18.9 Å². The van der Waals surface area contributed by atoms with E-state index in [1.807, 2.05) is 38.1 Å². The van der Waals surface area contributed by atoms with Crippen LogP contribution in [0.2, 0.25) is 0 Å². The van der Waals surface area contributed by atoms with Crippen molar-refractivity contribution in [3.05, 3.63) is 48.0 Å². The van der Waals surface area contributed by atoms with Crippen molar-refractivity contribution in [3.63, 3.8) is 0 Å². The Balaban J connectivity index is 2.21. The average molecular weight is 445 g/mol. The van der Waals surface area contributed by atoms with Gasteiger partial charge < -0.3 is 29.2 Å². The number of hydrogen-bond acceptors (Lipinski definition) is 6. The quantitative estimate of drug-likeness (QED) is 0.573. The van der Waals surface area contributed by atoms with Crippen LogP contribution < -0.4 is 24.3 Å². The van der Waals surface area contributed by atoms with Gasteiger partial charge in [0.25, 0.3) is 5.91 Å². The summed E-state index contributed by atoms with van der Waals surface area (Å²) in [5, 5.41) is 2.86. The summed E-state index contributed by atoms with van der Waals surface area (Å²) in [5.74, 6) is 1.62. The van der Waals surface area contributed by atoms with Gasteiger partial charge in [0.1, 0.15) is 29.0 Å². The first-order valence-corrected chi connectivity index (χ1v) is 10.4. The lowest BCUT2D eigenvalue weighted by atomic mass is 10.1. The highest BCUT2D eigenvalue weighted by Gasteiger charge is 2.27. The number of carbonyl (C=O) groups excluding carboxylic acids is 2. The smallest absolute Gasteiger partial charge is 0.261 e. The molecule has 2 rings (SSSR count). The molecule has 174 valence electrons. The van der Waals surface area contributed by atoms with E-state index in [0.29, 0.717) is 23.0 Å². The molecule has 0 aliphatic rings. The minimum Gasteiger partial charge on any atom is -0.497 e. The molecule has 2 amide bonds. The van der Waals surface area contributed by atoms with Crippen LogP contribution in [-0.4, -0.2) is 56.7 Å². The van der Waals surface area contributed by atoms with Crippen LogP contribution in [-0.2, 0) is 16.1 Å². The Hall–Kier alpha value is -3.42. The van der Waals surface area contributed by atoms with Crippen LogP contribution in [0.4, 0.5) is 0 Å². The lowest BCUT2D eigenvalue weighted by Crippen LogP contribution is -2.50. The summed E-state index contributed by atoms with van der Waals surface area (Å²) in [6.45, 7) is 5.42. The summed E-state index contributed by atoms with van der Waals surface area (Å²) in [4.78, 5) is 27.3. The molecule has 0 heterocycles. The lowest BCUT2D eigenvalue weighted by molar-refractivity contribution is -0.142. The van der Waals surface area contributed by atoms with Crippen molar-refractivity contribution in [3.8, 4) is 23.0 Å². The summed E-state index contributed by atoms with van der Waals surface area (Å²) in [7, 11) is 4.65. The van der Waals surface area contributed by atoms with Crippen molar-refractivity contribution in [2.75, 3.05) is 27.9 Å². The first-order chi connectivity index (χ1) is 15.3. The summed E-state index contributed by atoms with van der Waals surface area (Å²) < 4.78 is 21.5. The molecule has 0 fully saturated rings. The van der Waals surface area contributed by atoms with Crippen molar-refractivity contribution in [1.29, 1.82) is 0 Å². The van der Waals surface area contributed by atoms with Crippen LogP contribution in [0, 0.1) is 0 Å². The van der Waals surface area contributed by atoms with Gasteiger partial charge in [-0.3, -0.25) is 9.59 Å². The highest BCUT2D eigenvalue weighted by molar-refractivity contribution is 5.88. The molecule has 8 heteroatoms. The number of methoxy groups -OCH3 is 3. The maximum Gasteiger partial charge on any atom is 0.261 e. The Labute approximate surface area is 189 Å². The van der Waals surface area contributed by atoms with Gasteiger partial charge in [-0.05, 0) is 38.5 Å². The Morgan fingerprint density at radius 3 is 2.03 bits per heavy atom. The van der Waals surface area contributed by atoms with E-state index < -0.39 is 6.04 Å². The monoisotopic (exact) mass is 444 g/mol. The second-order valence-corrected chi connectivity index (χ2v) is 7.55. The van der Waals surface area contributed by atoms with Crippen molar-refractivity contribution >= 4 is 11.8 Å². The summed E-state index contributed by atoms with van der Waals surface area (Å²) in [5.41, 5.74) is 0.838. The Morgan fingerprint density at radius 1 is 0.875 bits per heavy atom. The van der Waals surface area contributed by atoms with Crippen molar-refractivity contribution < 1.29 is 28.5 Å². The molecule has 1 atom stereocenters. The van der Waals surface area contributed by atoms with Gasteiger partial charge in [0, 0.05) is 30.8 Å². The third-order valence-electron chi connectivity index (χ3n) is 4.77. The number of nitrogens with one attached hydrogen (secondary N) is 1. The van der Waals surface area contributed by atoms with E-state index in [-0.39, 0.29) is 31.0 Å². The zero-order valence-electron chi connectivity index (χ0n) is 19.5. The first-order valence-electron chi connectivity index (χ1n) is 10.4. The van der Waals surface area contributed by atoms with Crippen LogP contribution in [0.1, 0.15) is 26.3 Å². The van der Waals surface area contributed by atoms with Gasteiger partial charge in [0.05, 0.1) is 21.3 Å². The van der Waals surface area contributed by atoms with Crippen LogP contribution in [0.3, 0.4) is 0 Å². The Kier molecular flexibility index (Phi) is 9.19. The van der Waals surface area contributed by atoms with Gasteiger partial charge in [-0.1, -0.05) is 12.1 Å². The molecule has 0 aliphatic carbocycles. The van der Waals surface area contributed by atoms with E-state index in [1.54, 1.807) is 32.2 Å². The molecular formula is C24H32N2O6. The van der Waals surface area contributed by atoms with E-state index >= 15 is 0 Å². The minimum atomic E-state index is -0.695. The zero-order valence-corrected chi connectivity index (χ0v) is 19.5. The molecule has 2 aromatic carbocycles. The van der Waals surface area contributed by atoms with E-state index in [1.165, 1.54) is 19.1 Å². The molecule has 8 nitrogen and oxygen atoms in total. The van der Waals surface area contributed by atoms with Crippen LogP contribution in [0.15, 0.2) is 42.5 Å². The third kappa shape index (κ3) is 7.08. The summed E-state index contributed by atoms with van der Waals surface area (Å²) in [6, 6.07) is 11.7. The Bertz CT molecular complexity index is 893. The summed E-state index contributed by atoms with van der Waals surface area (Å²) >= 11 is 0. The SMILES string of the molecule is COc1cccc(CN(C(=O)COc2cc(OC)cc(OC)c2)C(C)C(=O)NC(C)C)c1. The molecule has 0 saturated carbocycles. The molecule has 1 unspecified atom stereocenters. The molecule has 2 aromatic rings. The van der Waals surface area contributed by atoms with E-state index in [0.717, 1.165) is 5.56 Å². The molecule has 0 aromatic heterocycles. The van der Waals surface area contributed by atoms with E-state index in [9.17, 15) is 9.59 Å². The number of benzene rings is 2. The number of nitrogens with zero attached hydrogens (tertiary/aromatic N) is 1. The third-order valence-corrected chi connectivity index (χ3v) is 4.77. The predicted molar refractivity (Wildman–Crippen MR) is 121 cm³/mol. The van der Waals surface area contributed by atoms with Crippen LogP contribution >= 0.6 is 0 Å². The molecule has 0 bridgehead atoms. The highest BCUT2D eigenvalue weighted by Crippen LogP contribution is 2.27. The number of amides is 2. The molecule has 32 heavy (non-hydrogen) atoms. The number of hydrogen-bond donors (Lipinski definition) is 1. The number of carbonyl (C=O) groups is 2. The van der Waals surface area contributed by atoms with Gasteiger partial charge in [-0.25, -0.2) is 0 Å².